The fourth-order valence-electron chi connectivity index (χ4n) is 7.19. The number of carbonyl (C=O) groups is 3. The average molecular weight is 514 g/mol. The number of benzene rings is 1. The van der Waals surface area contributed by atoms with E-state index in [1.54, 1.807) is 17.0 Å². The van der Waals surface area contributed by atoms with E-state index in [0.717, 1.165) is 6.42 Å². The van der Waals surface area contributed by atoms with Crippen LogP contribution in [0.3, 0.4) is 0 Å². The minimum absolute atomic E-state index is 0.0166. The molecule has 3 aliphatic rings. The van der Waals surface area contributed by atoms with Gasteiger partial charge < -0.3 is 25.4 Å². The van der Waals surface area contributed by atoms with Crippen LogP contribution in [0, 0.1) is 23.2 Å². The monoisotopic (exact) mass is 513 g/mol. The first-order valence-corrected chi connectivity index (χ1v) is 13.5. The zero-order valence-corrected chi connectivity index (χ0v) is 23.2. The van der Waals surface area contributed by atoms with Crippen LogP contribution in [-0.4, -0.2) is 63.7 Å². The maximum Gasteiger partial charge on any atom is 0.246 e. The summed E-state index contributed by atoms with van der Waals surface area (Å²) in [6, 6.07) is 7.68. The molecule has 3 fully saturated rings. The summed E-state index contributed by atoms with van der Waals surface area (Å²) in [6.07, 6.45) is 1.44. The number of hydrogen-bond acceptors (Lipinski definition) is 5. The molecule has 0 aromatic heterocycles. The lowest BCUT2D eigenvalue weighted by molar-refractivity contribution is -0.147. The average Bonchev–Trinajstić information content (AvgIpc) is 3.40. The van der Waals surface area contributed by atoms with Crippen LogP contribution in [-0.2, 0) is 19.1 Å². The molecule has 0 aliphatic carbocycles. The second-order valence-electron chi connectivity index (χ2n) is 13.3. The lowest BCUT2D eigenvalue weighted by Gasteiger charge is -2.41. The van der Waals surface area contributed by atoms with Crippen LogP contribution < -0.4 is 10.6 Å². The van der Waals surface area contributed by atoms with Gasteiger partial charge in [0.05, 0.1) is 30.6 Å². The van der Waals surface area contributed by atoms with Gasteiger partial charge in [0, 0.05) is 11.2 Å². The maximum absolute atomic E-state index is 14.1. The number of anilines is 1. The maximum atomic E-state index is 14.1. The van der Waals surface area contributed by atoms with Crippen molar-refractivity contribution in [3.63, 3.8) is 0 Å². The van der Waals surface area contributed by atoms with Crippen LogP contribution in [0.2, 0.25) is 0 Å². The first-order chi connectivity index (χ1) is 17.2. The zero-order valence-electron chi connectivity index (χ0n) is 23.2. The zero-order chi connectivity index (χ0) is 27.3. The van der Waals surface area contributed by atoms with E-state index >= 15 is 0 Å². The van der Waals surface area contributed by atoms with Crippen LogP contribution in [0.1, 0.15) is 67.7 Å². The van der Waals surface area contributed by atoms with Crippen molar-refractivity contribution in [2.45, 2.75) is 97.1 Å². The number of carbonyl (C=O) groups excluding carboxylic acids is 3. The molecule has 2 unspecified atom stereocenters. The molecule has 0 radical (unpaired) electrons. The summed E-state index contributed by atoms with van der Waals surface area (Å²) in [5.41, 5.74) is -0.978. The highest BCUT2D eigenvalue weighted by Crippen LogP contribution is 2.59. The number of para-hydroxylation sites is 1. The van der Waals surface area contributed by atoms with E-state index in [9.17, 15) is 19.5 Å². The Hall–Kier alpha value is -2.45. The summed E-state index contributed by atoms with van der Waals surface area (Å²) in [4.78, 5) is 43.3. The summed E-state index contributed by atoms with van der Waals surface area (Å²) in [6.45, 7) is 13.9. The lowest BCUT2D eigenvalue weighted by atomic mass is 9.70. The number of hydrogen-bond donors (Lipinski definition) is 3. The Balaban J connectivity index is 1.70. The number of ether oxygens (including phenoxy) is 1. The van der Waals surface area contributed by atoms with Crippen LogP contribution in [0.15, 0.2) is 30.3 Å². The molecular weight excluding hydrogens is 470 g/mol. The molecule has 1 aromatic carbocycles. The molecule has 0 saturated carbocycles. The number of aliphatic hydroxyl groups excluding tert-OH is 1. The van der Waals surface area contributed by atoms with E-state index in [-0.39, 0.29) is 35.7 Å². The van der Waals surface area contributed by atoms with Crippen molar-refractivity contribution in [1.82, 2.24) is 10.2 Å². The number of aliphatic hydroxyl groups is 1. The number of rotatable bonds is 8. The van der Waals surface area contributed by atoms with E-state index < -0.39 is 41.2 Å². The van der Waals surface area contributed by atoms with Gasteiger partial charge in [-0.1, -0.05) is 52.8 Å². The van der Waals surface area contributed by atoms with Crippen LogP contribution in [0.4, 0.5) is 5.69 Å². The topological polar surface area (TPSA) is 108 Å². The Morgan fingerprint density at radius 2 is 1.78 bits per heavy atom. The Morgan fingerprint density at radius 1 is 1.14 bits per heavy atom. The van der Waals surface area contributed by atoms with Gasteiger partial charge in [0.1, 0.15) is 11.6 Å². The molecule has 1 aromatic rings. The standard InChI is InChI=1S/C29H43N3O5/c1-17(2)19(15-33)32-23(25(35)31-28(6,7)16-27(3,4)5)29-14-13-20(37-29)21(22(29)26(32)36)24(34)30-18-11-9-8-10-12-18/h8-12,17,19-23,33H,13-16H2,1-7H3,(H,30,34)(H,31,35)/t19-,20-,21+,22-,23?,29?/m0/s1. The van der Waals surface area contributed by atoms with E-state index in [1.165, 1.54) is 0 Å². The highest BCUT2D eigenvalue weighted by Gasteiger charge is 2.75. The Kier molecular flexibility index (Phi) is 7.23. The quantitative estimate of drug-likeness (QED) is 0.494. The second-order valence-corrected chi connectivity index (χ2v) is 13.3. The molecule has 37 heavy (non-hydrogen) atoms. The van der Waals surface area contributed by atoms with Crippen molar-refractivity contribution in [1.29, 1.82) is 0 Å². The minimum atomic E-state index is -1.09. The van der Waals surface area contributed by atoms with E-state index in [4.69, 9.17) is 4.74 Å². The van der Waals surface area contributed by atoms with Crippen LogP contribution in [0.25, 0.3) is 0 Å². The Labute approximate surface area is 220 Å². The molecule has 3 N–H and O–H groups in total. The third kappa shape index (κ3) is 5.02. The third-order valence-electron chi connectivity index (χ3n) is 8.08. The molecule has 2 bridgehead atoms. The highest BCUT2D eigenvalue weighted by atomic mass is 16.5. The lowest BCUT2D eigenvalue weighted by Crippen LogP contribution is -2.61. The van der Waals surface area contributed by atoms with Gasteiger partial charge in [-0.15, -0.1) is 0 Å². The molecule has 3 saturated heterocycles. The normalized spacial score (nSPS) is 30.0. The summed E-state index contributed by atoms with van der Waals surface area (Å²) in [5, 5.41) is 16.5. The molecule has 3 heterocycles. The molecule has 204 valence electrons. The first kappa shape index (κ1) is 27.6. The predicted octanol–water partition coefficient (Wildman–Crippen LogP) is 3.35. The van der Waals surface area contributed by atoms with Gasteiger partial charge in [-0.2, -0.15) is 0 Å². The number of fused-ring (bicyclic) bond motifs is 1. The van der Waals surface area contributed by atoms with E-state index in [2.05, 4.69) is 31.4 Å². The van der Waals surface area contributed by atoms with Gasteiger partial charge in [0.25, 0.3) is 0 Å². The van der Waals surface area contributed by atoms with Crippen molar-refractivity contribution in [3.05, 3.63) is 30.3 Å². The molecule has 6 atom stereocenters. The predicted molar refractivity (Wildman–Crippen MR) is 142 cm³/mol. The number of nitrogens with one attached hydrogen (secondary N) is 2. The molecular formula is C29H43N3O5. The molecule has 8 nitrogen and oxygen atoms in total. The van der Waals surface area contributed by atoms with Gasteiger partial charge >= 0.3 is 0 Å². The molecule has 8 heteroatoms. The SMILES string of the molecule is CC(C)[C@H](CO)N1C(=O)[C@@H]2[C@H](C(=O)Nc3ccccc3)[C@@H]3CCC2(O3)C1C(=O)NC(C)(C)CC(C)(C)C. The van der Waals surface area contributed by atoms with Crippen molar-refractivity contribution in [3.8, 4) is 0 Å². The van der Waals surface area contributed by atoms with E-state index in [1.807, 2.05) is 45.9 Å². The van der Waals surface area contributed by atoms with Crippen molar-refractivity contribution < 1.29 is 24.2 Å². The van der Waals surface area contributed by atoms with Crippen LogP contribution >= 0.6 is 0 Å². The molecule has 3 aliphatic heterocycles. The van der Waals surface area contributed by atoms with Gasteiger partial charge in [-0.05, 0) is 56.6 Å². The van der Waals surface area contributed by atoms with Crippen molar-refractivity contribution in [2.75, 3.05) is 11.9 Å². The third-order valence-corrected chi connectivity index (χ3v) is 8.08. The summed E-state index contributed by atoms with van der Waals surface area (Å²) in [7, 11) is 0. The van der Waals surface area contributed by atoms with Crippen LogP contribution in [0.5, 0.6) is 0 Å². The van der Waals surface area contributed by atoms with Gasteiger partial charge in [-0.3, -0.25) is 14.4 Å². The summed E-state index contributed by atoms with van der Waals surface area (Å²) in [5.74, 6) is -2.39. The molecule has 4 rings (SSSR count). The Morgan fingerprint density at radius 3 is 2.35 bits per heavy atom. The van der Waals surface area contributed by atoms with Crippen molar-refractivity contribution >= 4 is 23.4 Å². The smallest absolute Gasteiger partial charge is 0.246 e. The fraction of sp³-hybridized carbons (Fsp3) is 0.690. The molecule has 1 spiro atoms. The first-order valence-electron chi connectivity index (χ1n) is 13.5. The highest BCUT2D eigenvalue weighted by molar-refractivity contribution is 6.02. The largest absolute Gasteiger partial charge is 0.394 e. The minimum Gasteiger partial charge on any atom is -0.394 e. The number of likely N-dealkylation sites (tertiary alicyclic amines) is 1. The van der Waals surface area contributed by atoms with Gasteiger partial charge in [0.15, 0.2) is 0 Å². The molecule has 3 amide bonds. The fourth-order valence-corrected chi connectivity index (χ4v) is 7.19. The summed E-state index contributed by atoms with van der Waals surface area (Å²) < 4.78 is 6.51. The Bertz CT molecular complexity index is 1030. The second kappa shape index (κ2) is 9.70. The van der Waals surface area contributed by atoms with E-state index in [0.29, 0.717) is 18.5 Å². The summed E-state index contributed by atoms with van der Waals surface area (Å²) >= 11 is 0. The van der Waals surface area contributed by atoms with Gasteiger partial charge in [-0.25, -0.2) is 0 Å². The van der Waals surface area contributed by atoms with Crippen molar-refractivity contribution in [2.24, 2.45) is 23.2 Å². The van der Waals surface area contributed by atoms with Gasteiger partial charge in [0.2, 0.25) is 17.7 Å². The number of nitrogens with zero attached hydrogens (tertiary/aromatic N) is 1. The number of amides is 3.